The summed E-state index contributed by atoms with van der Waals surface area (Å²) >= 11 is 6.38. The van der Waals surface area contributed by atoms with Crippen LogP contribution >= 0.6 is 11.6 Å². The summed E-state index contributed by atoms with van der Waals surface area (Å²) in [6, 6.07) is 10.2. The molecule has 19 heavy (non-hydrogen) atoms. The maximum absolute atomic E-state index is 6.38. The molecular formula is C16H20ClNO. The molecular weight excluding hydrogens is 258 g/mol. The second-order valence-electron chi connectivity index (χ2n) is 4.86. The average molecular weight is 278 g/mol. The van der Waals surface area contributed by atoms with Crippen molar-refractivity contribution in [1.29, 1.82) is 0 Å². The highest BCUT2D eigenvalue weighted by molar-refractivity contribution is 6.31. The highest BCUT2D eigenvalue weighted by Crippen LogP contribution is 2.30. The van der Waals surface area contributed by atoms with Gasteiger partial charge >= 0.3 is 0 Å². The Balaban J connectivity index is 2.36. The summed E-state index contributed by atoms with van der Waals surface area (Å²) in [7, 11) is 0. The third-order valence-corrected chi connectivity index (χ3v) is 3.44. The first kappa shape index (κ1) is 14.2. The Morgan fingerprint density at radius 3 is 2.58 bits per heavy atom. The monoisotopic (exact) mass is 277 g/mol. The number of rotatable bonds is 5. The second kappa shape index (κ2) is 6.27. The number of nitrogens with one attached hydrogen (secondary N) is 1. The number of halogens is 1. The zero-order valence-corrected chi connectivity index (χ0v) is 12.4. The van der Waals surface area contributed by atoms with Crippen molar-refractivity contribution in [3.63, 3.8) is 0 Å². The van der Waals surface area contributed by atoms with E-state index in [1.165, 1.54) is 5.56 Å². The van der Waals surface area contributed by atoms with Crippen LogP contribution in [0.2, 0.25) is 5.02 Å². The van der Waals surface area contributed by atoms with Crippen LogP contribution in [0.5, 0.6) is 0 Å². The van der Waals surface area contributed by atoms with Crippen LogP contribution < -0.4 is 5.32 Å². The molecule has 102 valence electrons. The van der Waals surface area contributed by atoms with Gasteiger partial charge in [0.1, 0.15) is 11.5 Å². The molecule has 0 spiro atoms. The van der Waals surface area contributed by atoms with Crippen LogP contribution in [0.3, 0.4) is 0 Å². The van der Waals surface area contributed by atoms with E-state index in [4.69, 9.17) is 16.0 Å². The van der Waals surface area contributed by atoms with Gasteiger partial charge in [-0.2, -0.15) is 0 Å². The zero-order chi connectivity index (χ0) is 13.8. The first-order valence-corrected chi connectivity index (χ1v) is 7.05. The van der Waals surface area contributed by atoms with E-state index in [1.807, 2.05) is 32.0 Å². The molecule has 0 aliphatic heterocycles. The quantitative estimate of drug-likeness (QED) is 0.861. The van der Waals surface area contributed by atoms with E-state index in [0.29, 0.717) is 0 Å². The summed E-state index contributed by atoms with van der Waals surface area (Å²) in [5.74, 6) is 1.83. The Bertz CT molecular complexity index is 547. The summed E-state index contributed by atoms with van der Waals surface area (Å²) in [6.45, 7) is 7.07. The molecule has 0 bridgehead atoms. The lowest BCUT2D eigenvalue weighted by molar-refractivity contribution is 0.430. The lowest BCUT2D eigenvalue weighted by Gasteiger charge is -2.18. The van der Waals surface area contributed by atoms with Gasteiger partial charge in [-0.1, -0.05) is 30.7 Å². The second-order valence-corrected chi connectivity index (χ2v) is 5.27. The lowest BCUT2D eigenvalue weighted by Crippen LogP contribution is -2.23. The third-order valence-electron chi connectivity index (χ3n) is 3.11. The molecule has 1 aromatic heterocycles. The molecule has 0 fully saturated rings. The van der Waals surface area contributed by atoms with Crippen LogP contribution in [-0.2, 0) is 0 Å². The van der Waals surface area contributed by atoms with Crippen LogP contribution in [-0.4, -0.2) is 6.54 Å². The highest BCUT2D eigenvalue weighted by atomic mass is 35.5. The van der Waals surface area contributed by atoms with Crippen molar-refractivity contribution in [3.05, 3.63) is 58.0 Å². The summed E-state index contributed by atoms with van der Waals surface area (Å²) in [6.07, 6.45) is 1.07. The summed E-state index contributed by atoms with van der Waals surface area (Å²) in [5.41, 5.74) is 2.23. The Hall–Kier alpha value is -1.25. The molecule has 0 saturated carbocycles. The minimum atomic E-state index is 0.0155. The predicted molar refractivity (Wildman–Crippen MR) is 79.8 cm³/mol. The van der Waals surface area contributed by atoms with E-state index in [0.717, 1.165) is 35.1 Å². The fourth-order valence-electron chi connectivity index (χ4n) is 2.13. The molecule has 0 amide bonds. The van der Waals surface area contributed by atoms with Crippen molar-refractivity contribution < 1.29 is 4.42 Å². The molecule has 1 aromatic carbocycles. The Morgan fingerprint density at radius 1 is 1.21 bits per heavy atom. The van der Waals surface area contributed by atoms with Gasteiger partial charge in [0.2, 0.25) is 0 Å². The zero-order valence-electron chi connectivity index (χ0n) is 11.7. The van der Waals surface area contributed by atoms with Crippen molar-refractivity contribution in [2.45, 2.75) is 33.2 Å². The van der Waals surface area contributed by atoms with Gasteiger partial charge < -0.3 is 9.73 Å². The maximum atomic E-state index is 6.38. The molecule has 2 rings (SSSR count). The number of benzene rings is 1. The number of aryl methyl sites for hydroxylation is 2. The van der Waals surface area contributed by atoms with Crippen molar-refractivity contribution in [3.8, 4) is 0 Å². The van der Waals surface area contributed by atoms with E-state index in [-0.39, 0.29) is 6.04 Å². The van der Waals surface area contributed by atoms with Crippen LogP contribution in [0.25, 0.3) is 0 Å². The SMILES string of the molecule is CCCNC(c1ccc(C)o1)c1ccc(C)cc1Cl. The minimum Gasteiger partial charge on any atom is -0.464 e. The summed E-state index contributed by atoms with van der Waals surface area (Å²) < 4.78 is 5.76. The molecule has 1 N–H and O–H groups in total. The fourth-order valence-corrected chi connectivity index (χ4v) is 2.47. The van der Waals surface area contributed by atoms with Gasteiger partial charge in [0.05, 0.1) is 6.04 Å². The van der Waals surface area contributed by atoms with E-state index < -0.39 is 0 Å². The van der Waals surface area contributed by atoms with Gasteiger partial charge in [-0.05, 0) is 56.1 Å². The Kier molecular flexibility index (Phi) is 4.67. The smallest absolute Gasteiger partial charge is 0.125 e. The van der Waals surface area contributed by atoms with Crippen LogP contribution in [0.1, 0.15) is 42.0 Å². The van der Waals surface area contributed by atoms with Crippen molar-refractivity contribution in [1.82, 2.24) is 5.32 Å². The Morgan fingerprint density at radius 2 is 2.00 bits per heavy atom. The normalized spacial score (nSPS) is 12.6. The topological polar surface area (TPSA) is 25.2 Å². The van der Waals surface area contributed by atoms with Crippen molar-refractivity contribution in [2.24, 2.45) is 0 Å². The van der Waals surface area contributed by atoms with E-state index in [2.05, 4.69) is 24.4 Å². The molecule has 3 heteroatoms. The van der Waals surface area contributed by atoms with Gasteiger partial charge in [-0.25, -0.2) is 0 Å². The minimum absolute atomic E-state index is 0.0155. The Labute approximate surface area is 119 Å². The summed E-state index contributed by atoms with van der Waals surface area (Å²) in [4.78, 5) is 0. The van der Waals surface area contributed by atoms with Crippen molar-refractivity contribution in [2.75, 3.05) is 6.54 Å². The summed E-state index contributed by atoms with van der Waals surface area (Å²) in [5, 5.41) is 4.28. The van der Waals surface area contributed by atoms with E-state index in [9.17, 15) is 0 Å². The molecule has 1 heterocycles. The molecule has 2 nitrogen and oxygen atoms in total. The molecule has 0 saturated heterocycles. The van der Waals surface area contributed by atoms with Gasteiger partial charge in [0, 0.05) is 5.02 Å². The molecule has 1 atom stereocenters. The standard InChI is InChI=1S/C16H20ClNO/c1-4-9-18-16(15-8-6-12(3)19-15)13-7-5-11(2)10-14(13)17/h5-8,10,16,18H,4,9H2,1-3H3. The molecule has 0 aliphatic rings. The number of hydrogen-bond acceptors (Lipinski definition) is 2. The first-order valence-electron chi connectivity index (χ1n) is 6.67. The average Bonchev–Trinajstić information content (AvgIpc) is 2.78. The highest BCUT2D eigenvalue weighted by Gasteiger charge is 2.19. The number of furan rings is 1. The van der Waals surface area contributed by atoms with Crippen molar-refractivity contribution >= 4 is 11.6 Å². The van der Waals surface area contributed by atoms with Gasteiger partial charge in [-0.15, -0.1) is 0 Å². The van der Waals surface area contributed by atoms with Gasteiger partial charge in [0.15, 0.2) is 0 Å². The first-order chi connectivity index (χ1) is 9.11. The molecule has 1 unspecified atom stereocenters. The van der Waals surface area contributed by atoms with Crippen LogP contribution in [0.15, 0.2) is 34.7 Å². The van der Waals surface area contributed by atoms with Crippen LogP contribution in [0, 0.1) is 13.8 Å². The van der Waals surface area contributed by atoms with Gasteiger partial charge in [0.25, 0.3) is 0 Å². The maximum Gasteiger partial charge on any atom is 0.125 e. The number of hydrogen-bond donors (Lipinski definition) is 1. The fraction of sp³-hybridized carbons (Fsp3) is 0.375. The molecule has 0 radical (unpaired) electrons. The largest absolute Gasteiger partial charge is 0.464 e. The van der Waals surface area contributed by atoms with Crippen LogP contribution in [0.4, 0.5) is 0 Å². The molecule has 2 aromatic rings. The third kappa shape index (κ3) is 3.40. The van der Waals surface area contributed by atoms with E-state index >= 15 is 0 Å². The molecule has 0 aliphatic carbocycles. The van der Waals surface area contributed by atoms with Gasteiger partial charge in [-0.3, -0.25) is 0 Å². The van der Waals surface area contributed by atoms with E-state index in [1.54, 1.807) is 0 Å². The predicted octanol–water partition coefficient (Wildman–Crippen LogP) is 4.64. The lowest BCUT2D eigenvalue weighted by atomic mass is 10.0.